The lowest BCUT2D eigenvalue weighted by molar-refractivity contribution is 0.104. The van der Waals surface area contributed by atoms with Gasteiger partial charge in [-0.1, -0.05) is 7.43 Å². The van der Waals surface area contributed by atoms with Crippen LogP contribution >= 0.6 is 0 Å². The molecular formula is C29H38O10. The third-order valence-corrected chi connectivity index (χ3v) is 6.54. The first-order chi connectivity index (χ1) is 18.7. The molecule has 0 saturated carbocycles. The summed E-state index contributed by atoms with van der Waals surface area (Å²) in [6.45, 7) is 5.63. The SMILES string of the molecule is C.COc1cc(COCC2CO2)cc(-c2cc(COCC3CO3)cc(OC)c2OCC2CO2)c1OCC1CO1. The predicted molar refractivity (Wildman–Crippen MR) is 141 cm³/mol. The molecule has 2 aromatic rings. The number of methoxy groups -OCH3 is 2. The van der Waals surface area contributed by atoms with Crippen molar-refractivity contribution in [3.8, 4) is 34.1 Å². The van der Waals surface area contributed by atoms with Crippen molar-refractivity contribution in [3.63, 3.8) is 0 Å². The average molecular weight is 547 g/mol. The molecule has 10 nitrogen and oxygen atoms in total. The molecule has 4 fully saturated rings. The van der Waals surface area contributed by atoms with Crippen LogP contribution in [0.4, 0.5) is 0 Å². The van der Waals surface area contributed by atoms with Crippen molar-refractivity contribution in [1.82, 2.24) is 0 Å². The summed E-state index contributed by atoms with van der Waals surface area (Å²) in [5.74, 6) is 2.42. The van der Waals surface area contributed by atoms with Gasteiger partial charge in [0.15, 0.2) is 23.0 Å². The maximum absolute atomic E-state index is 6.29. The lowest BCUT2D eigenvalue weighted by Gasteiger charge is -2.21. The van der Waals surface area contributed by atoms with E-state index in [-0.39, 0.29) is 31.8 Å². The Morgan fingerprint density at radius 1 is 0.590 bits per heavy atom. The zero-order valence-corrected chi connectivity index (χ0v) is 21.8. The van der Waals surface area contributed by atoms with Crippen molar-refractivity contribution in [3.05, 3.63) is 35.4 Å². The van der Waals surface area contributed by atoms with Crippen LogP contribution in [-0.4, -0.2) is 91.5 Å². The van der Waals surface area contributed by atoms with Crippen LogP contribution in [0, 0.1) is 0 Å². The number of epoxide rings is 4. The average Bonchev–Trinajstić information content (AvgIpc) is 3.77. The Morgan fingerprint density at radius 2 is 0.949 bits per heavy atom. The summed E-state index contributed by atoms with van der Waals surface area (Å²) in [6.07, 6.45) is 0.528. The van der Waals surface area contributed by atoms with E-state index in [0.29, 0.717) is 75.9 Å². The summed E-state index contributed by atoms with van der Waals surface area (Å²) < 4.78 is 57.3. The zero-order chi connectivity index (χ0) is 25.9. The molecule has 4 unspecified atom stereocenters. The molecule has 4 atom stereocenters. The fraction of sp³-hybridized carbons (Fsp3) is 0.586. The highest BCUT2D eigenvalue weighted by Crippen LogP contribution is 2.47. The second kappa shape index (κ2) is 12.7. The van der Waals surface area contributed by atoms with Gasteiger partial charge in [-0.05, 0) is 35.4 Å². The van der Waals surface area contributed by atoms with E-state index in [2.05, 4.69) is 12.1 Å². The summed E-state index contributed by atoms with van der Waals surface area (Å²) in [5, 5.41) is 0. The zero-order valence-electron chi connectivity index (χ0n) is 21.8. The van der Waals surface area contributed by atoms with E-state index in [1.54, 1.807) is 14.2 Å². The van der Waals surface area contributed by atoms with E-state index in [0.717, 1.165) is 35.5 Å². The molecule has 2 aromatic carbocycles. The van der Waals surface area contributed by atoms with Gasteiger partial charge in [0, 0.05) is 11.1 Å². The molecule has 0 aromatic heterocycles. The fourth-order valence-electron chi connectivity index (χ4n) is 4.11. The molecule has 10 heteroatoms. The van der Waals surface area contributed by atoms with Crippen molar-refractivity contribution < 1.29 is 47.4 Å². The van der Waals surface area contributed by atoms with Crippen LogP contribution in [0.1, 0.15) is 18.6 Å². The van der Waals surface area contributed by atoms with Gasteiger partial charge in [0.2, 0.25) is 0 Å². The van der Waals surface area contributed by atoms with E-state index in [4.69, 9.17) is 47.4 Å². The maximum atomic E-state index is 6.29. The molecule has 4 aliphatic rings. The number of ether oxygens (including phenoxy) is 10. The molecule has 0 spiro atoms. The molecule has 0 radical (unpaired) electrons. The fourth-order valence-corrected chi connectivity index (χ4v) is 4.11. The van der Waals surface area contributed by atoms with Crippen LogP contribution in [0.3, 0.4) is 0 Å². The molecule has 39 heavy (non-hydrogen) atoms. The predicted octanol–water partition coefficient (Wildman–Crippen LogP) is 3.39. The molecule has 4 aliphatic heterocycles. The van der Waals surface area contributed by atoms with Crippen molar-refractivity contribution in [2.45, 2.75) is 45.1 Å². The first kappa shape index (κ1) is 27.9. The number of hydrogen-bond acceptors (Lipinski definition) is 10. The normalized spacial score (nSPS) is 23.9. The molecule has 0 aliphatic carbocycles. The molecule has 0 bridgehead atoms. The van der Waals surface area contributed by atoms with Crippen LogP contribution in [0.2, 0.25) is 0 Å². The lowest BCUT2D eigenvalue weighted by atomic mass is 9.97. The Balaban J connectivity index is 0.00000308. The second-order valence-corrected chi connectivity index (χ2v) is 9.82. The van der Waals surface area contributed by atoms with Crippen LogP contribution < -0.4 is 18.9 Å². The summed E-state index contributed by atoms with van der Waals surface area (Å²) in [4.78, 5) is 0. The van der Waals surface area contributed by atoms with Crippen LogP contribution in [0.25, 0.3) is 11.1 Å². The van der Waals surface area contributed by atoms with Gasteiger partial charge in [-0.2, -0.15) is 0 Å². The Bertz CT molecular complexity index is 1020. The van der Waals surface area contributed by atoms with Gasteiger partial charge in [0.05, 0.1) is 67.1 Å². The molecule has 4 heterocycles. The molecule has 0 amide bonds. The van der Waals surface area contributed by atoms with E-state index in [1.807, 2.05) is 12.1 Å². The first-order valence-corrected chi connectivity index (χ1v) is 13.0. The first-order valence-electron chi connectivity index (χ1n) is 13.0. The summed E-state index contributed by atoms with van der Waals surface area (Å²) in [5.41, 5.74) is 3.50. The monoisotopic (exact) mass is 546 g/mol. The van der Waals surface area contributed by atoms with Crippen molar-refractivity contribution >= 4 is 0 Å². The van der Waals surface area contributed by atoms with Gasteiger partial charge in [0.1, 0.15) is 37.6 Å². The van der Waals surface area contributed by atoms with E-state index in [1.165, 1.54) is 0 Å². The minimum absolute atomic E-state index is 0. The number of hydrogen-bond donors (Lipinski definition) is 0. The largest absolute Gasteiger partial charge is 0.493 e. The van der Waals surface area contributed by atoms with E-state index in [9.17, 15) is 0 Å². The van der Waals surface area contributed by atoms with Gasteiger partial charge in [0.25, 0.3) is 0 Å². The standard InChI is InChI=1S/C28H34O10.CH4/c1-29-25-5-17(7-31-9-19-11-33-19)3-23(27(25)37-15-21-13-35-21)24-4-18(8-32-10-20-12-34-20)6-26(30-2)28(24)38-16-22-14-36-22;/h3-6,19-22H,7-16H2,1-2H3;1H4. The summed E-state index contributed by atoms with van der Waals surface area (Å²) in [6, 6.07) is 7.99. The molecular weight excluding hydrogens is 508 g/mol. The van der Waals surface area contributed by atoms with E-state index < -0.39 is 0 Å². The second-order valence-electron chi connectivity index (χ2n) is 9.82. The number of rotatable bonds is 17. The lowest BCUT2D eigenvalue weighted by Crippen LogP contribution is -2.10. The van der Waals surface area contributed by atoms with Gasteiger partial charge >= 0.3 is 0 Å². The smallest absolute Gasteiger partial charge is 0.169 e. The Kier molecular flexibility index (Phi) is 9.11. The minimum atomic E-state index is 0. The van der Waals surface area contributed by atoms with Crippen LogP contribution in [0.5, 0.6) is 23.0 Å². The summed E-state index contributed by atoms with van der Waals surface area (Å²) >= 11 is 0. The highest BCUT2D eigenvalue weighted by molar-refractivity contribution is 5.82. The minimum Gasteiger partial charge on any atom is -0.493 e. The molecule has 0 N–H and O–H groups in total. The van der Waals surface area contributed by atoms with Gasteiger partial charge in [-0.15, -0.1) is 0 Å². The highest BCUT2D eigenvalue weighted by Gasteiger charge is 2.29. The van der Waals surface area contributed by atoms with Crippen LogP contribution in [0.15, 0.2) is 24.3 Å². The molecule has 4 saturated heterocycles. The topological polar surface area (TPSA) is 106 Å². The molecule has 214 valence electrons. The van der Waals surface area contributed by atoms with Gasteiger partial charge in [-0.3, -0.25) is 0 Å². The van der Waals surface area contributed by atoms with Crippen LogP contribution in [-0.2, 0) is 41.6 Å². The Labute approximate surface area is 229 Å². The van der Waals surface area contributed by atoms with Gasteiger partial charge in [-0.25, -0.2) is 0 Å². The third kappa shape index (κ3) is 7.75. The van der Waals surface area contributed by atoms with Crippen molar-refractivity contribution in [1.29, 1.82) is 0 Å². The third-order valence-electron chi connectivity index (χ3n) is 6.54. The van der Waals surface area contributed by atoms with Gasteiger partial charge < -0.3 is 47.4 Å². The van der Waals surface area contributed by atoms with Crippen molar-refractivity contribution in [2.75, 3.05) is 67.1 Å². The van der Waals surface area contributed by atoms with E-state index >= 15 is 0 Å². The Morgan fingerprint density at radius 3 is 1.28 bits per heavy atom. The summed E-state index contributed by atoms with van der Waals surface area (Å²) in [7, 11) is 3.27. The highest BCUT2D eigenvalue weighted by atomic mass is 16.6. The molecule has 6 rings (SSSR count). The Hall–Kier alpha value is -2.60. The van der Waals surface area contributed by atoms with Crippen molar-refractivity contribution in [2.24, 2.45) is 0 Å². The quantitative estimate of drug-likeness (QED) is 0.274. The maximum Gasteiger partial charge on any atom is 0.169 e. The number of benzene rings is 2.